The maximum atomic E-state index is 11.2. The highest BCUT2D eigenvalue weighted by Gasteiger charge is 2.54. The first-order chi connectivity index (χ1) is 12.3. The van der Waals surface area contributed by atoms with Gasteiger partial charge in [-0.3, -0.25) is 0 Å². The Morgan fingerprint density at radius 2 is 1.56 bits per heavy atom. The van der Waals surface area contributed by atoms with Gasteiger partial charge in [-0.25, -0.2) is 0 Å². The number of hydrogen-bond donors (Lipinski definition) is 1. The van der Waals surface area contributed by atoms with E-state index in [1.165, 1.54) is 27.1 Å². The van der Waals surface area contributed by atoms with Crippen molar-refractivity contribution in [3.05, 3.63) is 101 Å². The number of fused-ring (bicyclic) bond motifs is 7. The molecule has 0 aromatic heterocycles. The van der Waals surface area contributed by atoms with Crippen molar-refractivity contribution in [1.29, 1.82) is 0 Å². The van der Waals surface area contributed by atoms with E-state index in [9.17, 15) is 5.21 Å². The Labute approximate surface area is 152 Å². The molecule has 3 aromatic rings. The monoisotopic (exact) mass is 345 g/mol. The molecule has 1 N–H and O–H groups in total. The Kier molecular flexibility index (Phi) is 3.49. The summed E-state index contributed by atoms with van der Waals surface area (Å²) in [7, 11) is 0. The lowest BCUT2D eigenvalue weighted by molar-refractivity contribution is -0.181. The first-order valence-corrected chi connectivity index (χ1v) is 9.63. The molecule has 0 saturated heterocycles. The van der Waals surface area contributed by atoms with E-state index in [-0.39, 0.29) is 6.04 Å². The molecule has 2 aliphatic heterocycles. The molecular weight excluding hydrogens is 326 g/mol. The number of nitrogens with zero attached hydrogens (tertiary/aromatic N) is 1. The summed E-state index contributed by atoms with van der Waals surface area (Å²) >= 11 is 1.81. The van der Waals surface area contributed by atoms with Crippen LogP contribution in [0.1, 0.15) is 28.3 Å². The van der Waals surface area contributed by atoms with Crippen LogP contribution < -0.4 is 0 Å². The summed E-state index contributed by atoms with van der Waals surface area (Å²) in [6.45, 7) is 0. The van der Waals surface area contributed by atoms with Gasteiger partial charge in [0.05, 0.1) is 6.04 Å². The Morgan fingerprint density at radius 3 is 2.40 bits per heavy atom. The average molecular weight is 345 g/mol. The van der Waals surface area contributed by atoms with Crippen LogP contribution in [0.3, 0.4) is 0 Å². The van der Waals surface area contributed by atoms with Crippen LogP contribution in [0.4, 0.5) is 0 Å². The first-order valence-electron chi connectivity index (χ1n) is 8.64. The molecule has 2 nitrogen and oxygen atoms in total. The Balaban J connectivity index is 1.67. The van der Waals surface area contributed by atoms with E-state index in [4.69, 9.17) is 0 Å². The SMILES string of the molecule is ON1C2Cc3ccccc3C1(CSc1ccccc1)c1ccccc12. The summed E-state index contributed by atoms with van der Waals surface area (Å²) in [5, 5.41) is 12.8. The molecule has 3 aromatic carbocycles. The van der Waals surface area contributed by atoms with E-state index in [2.05, 4.69) is 72.8 Å². The lowest BCUT2D eigenvalue weighted by atomic mass is 9.82. The van der Waals surface area contributed by atoms with Crippen LogP contribution in [0.5, 0.6) is 0 Å². The summed E-state index contributed by atoms with van der Waals surface area (Å²) < 4.78 is 0. The highest BCUT2D eigenvalue weighted by molar-refractivity contribution is 7.99. The minimum Gasteiger partial charge on any atom is -0.312 e. The van der Waals surface area contributed by atoms with Gasteiger partial charge in [0.1, 0.15) is 5.54 Å². The molecule has 0 fully saturated rings. The van der Waals surface area contributed by atoms with Gasteiger partial charge >= 0.3 is 0 Å². The first kappa shape index (κ1) is 15.2. The van der Waals surface area contributed by atoms with E-state index in [1.807, 2.05) is 6.07 Å². The predicted octanol–water partition coefficient (Wildman–Crippen LogP) is 5.02. The van der Waals surface area contributed by atoms with Crippen molar-refractivity contribution in [3.63, 3.8) is 0 Å². The van der Waals surface area contributed by atoms with Gasteiger partial charge in [-0.1, -0.05) is 66.7 Å². The summed E-state index contributed by atoms with van der Waals surface area (Å²) in [4.78, 5) is 1.23. The summed E-state index contributed by atoms with van der Waals surface area (Å²) in [5.74, 6) is 0.790. The van der Waals surface area contributed by atoms with E-state index in [0.717, 1.165) is 12.2 Å². The third-order valence-electron chi connectivity index (χ3n) is 5.52. The molecule has 2 heterocycles. The van der Waals surface area contributed by atoms with Gasteiger partial charge in [-0.2, -0.15) is 5.06 Å². The minimum absolute atomic E-state index is 0.0440. The molecule has 0 saturated carbocycles. The zero-order chi connectivity index (χ0) is 16.9. The second-order valence-corrected chi connectivity index (χ2v) is 7.82. The van der Waals surface area contributed by atoms with Gasteiger partial charge < -0.3 is 5.21 Å². The lowest BCUT2D eigenvalue weighted by Crippen LogP contribution is -2.47. The van der Waals surface area contributed by atoms with E-state index < -0.39 is 5.54 Å². The van der Waals surface area contributed by atoms with Crippen molar-refractivity contribution in [2.75, 3.05) is 5.75 Å². The van der Waals surface area contributed by atoms with Crippen molar-refractivity contribution in [2.24, 2.45) is 0 Å². The highest BCUT2D eigenvalue weighted by Crippen LogP contribution is 2.56. The molecule has 2 bridgehead atoms. The number of benzene rings is 3. The van der Waals surface area contributed by atoms with Crippen LogP contribution in [0.2, 0.25) is 0 Å². The van der Waals surface area contributed by atoms with Gasteiger partial charge in [0, 0.05) is 10.6 Å². The molecule has 25 heavy (non-hydrogen) atoms. The predicted molar refractivity (Wildman–Crippen MR) is 101 cm³/mol. The maximum absolute atomic E-state index is 11.2. The van der Waals surface area contributed by atoms with Crippen LogP contribution >= 0.6 is 11.8 Å². The van der Waals surface area contributed by atoms with Crippen molar-refractivity contribution < 1.29 is 5.21 Å². The van der Waals surface area contributed by atoms with Crippen molar-refractivity contribution in [3.8, 4) is 0 Å². The fourth-order valence-electron chi connectivity index (χ4n) is 4.39. The third-order valence-corrected chi connectivity index (χ3v) is 6.69. The maximum Gasteiger partial charge on any atom is 0.106 e. The van der Waals surface area contributed by atoms with Crippen LogP contribution in [-0.2, 0) is 12.0 Å². The van der Waals surface area contributed by atoms with Gasteiger partial charge in [0.2, 0.25) is 0 Å². The molecule has 0 aliphatic carbocycles. The van der Waals surface area contributed by atoms with Crippen molar-refractivity contribution in [1.82, 2.24) is 5.06 Å². The molecule has 3 heteroatoms. The Hall–Kier alpha value is -2.07. The fraction of sp³-hybridized carbons (Fsp3) is 0.182. The molecule has 2 unspecified atom stereocenters. The fourth-order valence-corrected chi connectivity index (χ4v) is 5.55. The number of thioether (sulfide) groups is 1. The smallest absolute Gasteiger partial charge is 0.106 e. The molecule has 2 atom stereocenters. The molecular formula is C22H19NOS. The number of hydroxylamine groups is 2. The zero-order valence-electron chi connectivity index (χ0n) is 13.8. The lowest BCUT2D eigenvalue weighted by Gasteiger charge is -2.42. The van der Waals surface area contributed by atoms with Gasteiger partial charge in [-0.05, 0) is 40.8 Å². The molecule has 2 aliphatic rings. The third kappa shape index (κ3) is 2.13. The van der Waals surface area contributed by atoms with E-state index >= 15 is 0 Å². The van der Waals surface area contributed by atoms with Crippen LogP contribution in [0.25, 0.3) is 0 Å². The zero-order valence-corrected chi connectivity index (χ0v) is 14.6. The molecule has 124 valence electrons. The standard InChI is InChI=1S/C22H19NOS/c24-23-21-14-16-8-4-6-12-19(16)22(23,20-13-7-5-11-18(20)21)15-25-17-9-2-1-3-10-17/h1-13,21,24H,14-15H2. The number of hydrogen-bond acceptors (Lipinski definition) is 3. The minimum atomic E-state index is -0.476. The van der Waals surface area contributed by atoms with Crippen LogP contribution in [-0.4, -0.2) is 16.0 Å². The second kappa shape index (κ2) is 5.73. The average Bonchev–Trinajstić information content (AvgIpc) is 2.83. The van der Waals surface area contributed by atoms with Crippen LogP contribution in [0.15, 0.2) is 83.8 Å². The van der Waals surface area contributed by atoms with Crippen molar-refractivity contribution in [2.45, 2.75) is 22.9 Å². The van der Waals surface area contributed by atoms with Crippen LogP contribution in [0, 0.1) is 0 Å². The molecule has 0 radical (unpaired) electrons. The quantitative estimate of drug-likeness (QED) is 0.674. The van der Waals surface area contributed by atoms with Gasteiger partial charge in [0.25, 0.3) is 0 Å². The number of rotatable bonds is 3. The Bertz CT molecular complexity index is 913. The largest absolute Gasteiger partial charge is 0.312 e. The topological polar surface area (TPSA) is 23.5 Å². The normalized spacial score (nSPS) is 24.0. The summed E-state index contributed by atoms with van der Waals surface area (Å²) in [6.07, 6.45) is 0.863. The second-order valence-electron chi connectivity index (χ2n) is 6.77. The summed E-state index contributed by atoms with van der Waals surface area (Å²) in [5.41, 5.74) is 4.62. The Morgan fingerprint density at radius 1 is 0.880 bits per heavy atom. The highest BCUT2D eigenvalue weighted by atomic mass is 32.2. The summed E-state index contributed by atoms with van der Waals surface area (Å²) in [6, 6.07) is 27.6. The van der Waals surface area contributed by atoms with Gasteiger partial charge in [-0.15, -0.1) is 11.8 Å². The van der Waals surface area contributed by atoms with E-state index in [0.29, 0.717) is 0 Å². The van der Waals surface area contributed by atoms with E-state index in [1.54, 1.807) is 16.8 Å². The van der Waals surface area contributed by atoms with Crippen molar-refractivity contribution >= 4 is 11.8 Å². The molecule has 5 rings (SSSR count). The molecule has 0 amide bonds. The molecule has 0 spiro atoms. The van der Waals surface area contributed by atoms with Gasteiger partial charge in [0.15, 0.2) is 0 Å².